The first-order chi connectivity index (χ1) is 7.78. The maximum Gasteiger partial charge on any atom is 0.115 e. The quantitative estimate of drug-likeness (QED) is 0.820. The number of piperidine rings is 1. The zero-order chi connectivity index (χ0) is 11.4. The minimum absolute atomic E-state index is 0.338. The average Bonchev–Trinajstić information content (AvgIpc) is 2.33. The SMILES string of the molecule is Oc1ccc(CN2CCC(CCl)CC2)cc1. The van der Waals surface area contributed by atoms with Crippen molar-refractivity contribution in [2.75, 3.05) is 19.0 Å². The van der Waals surface area contributed by atoms with Crippen LogP contribution >= 0.6 is 11.6 Å². The van der Waals surface area contributed by atoms with Crippen molar-refractivity contribution in [1.82, 2.24) is 4.90 Å². The standard InChI is InChI=1S/C13H18ClNO/c14-9-11-5-7-15(8-6-11)10-12-1-3-13(16)4-2-12/h1-4,11,16H,5-10H2. The molecule has 1 aliphatic rings. The molecule has 2 rings (SSSR count). The third-order valence-corrected chi connectivity index (χ3v) is 3.70. The van der Waals surface area contributed by atoms with Gasteiger partial charge in [0.15, 0.2) is 0 Å². The van der Waals surface area contributed by atoms with Gasteiger partial charge in [0.05, 0.1) is 0 Å². The number of benzene rings is 1. The Balaban J connectivity index is 1.84. The number of likely N-dealkylation sites (tertiary alicyclic amines) is 1. The number of rotatable bonds is 3. The average molecular weight is 240 g/mol. The second-order valence-electron chi connectivity index (χ2n) is 4.54. The normalized spacial score (nSPS) is 18.8. The van der Waals surface area contributed by atoms with Crippen molar-refractivity contribution in [3.8, 4) is 5.75 Å². The molecule has 0 spiro atoms. The number of hydrogen-bond donors (Lipinski definition) is 1. The summed E-state index contributed by atoms with van der Waals surface area (Å²) in [5.74, 6) is 1.84. The molecule has 1 aromatic carbocycles. The van der Waals surface area contributed by atoms with Gasteiger partial charge < -0.3 is 5.11 Å². The van der Waals surface area contributed by atoms with Crippen molar-refractivity contribution in [3.05, 3.63) is 29.8 Å². The van der Waals surface area contributed by atoms with Gasteiger partial charge in [-0.2, -0.15) is 0 Å². The molecule has 0 amide bonds. The summed E-state index contributed by atoms with van der Waals surface area (Å²) < 4.78 is 0. The van der Waals surface area contributed by atoms with E-state index in [1.807, 2.05) is 12.1 Å². The molecule has 0 atom stereocenters. The van der Waals surface area contributed by atoms with Gasteiger partial charge in [0.2, 0.25) is 0 Å². The van der Waals surface area contributed by atoms with Crippen LogP contribution in [0.25, 0.3) is 0 Å². The molecule has 0 aliphatic carbocycles. The lowest BCUT2D eigenvalue weighted by Crippen LogP contribution is -2.33. The fraction of sp³-hybridized carbons (Fsp3) is 0.538. The monoisotopic (exact) mass is 239 g/mol. The van der Waals surface area contributed by atoms with Crippen molar-refractivity contribution in [1.29, 1.82) is 0 Å². The van der Waals surface area contributed by atoms with Crippen molar-refractivity contribution < 1.29 is 5.11 Å². The van der Waals surface area contributed by atoms with Crippen LogP contribution in [0.5, 0.6) is 5.75 Å². The Hall–Kier alpha value is -0.730. The molecule has 1 aliphatic heterocycles. The highest BCUT2D eigenvalue weighted by molar-refractivity contribution is 6.18. The maximum atomic E-state index is 9.20. The number of hydrogen-bond acceptors (Lipinski definition) is 2. The predicted molar refractivity (Wildman–Crippen MR) is 66.8 cm³/mol. The Morgan fingerprint density at radius 3 is 2.38 bits per heavy atom. The molecule has 1 heterocycles. The highest BCUT2D eigenvalue weighted by atomic mass is 35.5. The fourth-order valence-corrected chi connectivity index (χ4v) is 2.47. The highest BCUT2D eigenvalue weighted by Crippen LogP contribution is 2.20. The summed E-state index contributed by atoms with van der Waals surface area (Å²) in [5, 5.41) is 9.20. The van der Waals surface area contributed by atoms with E-state index >= 15 is 0 Å². The molecular weight excluding hydrogens is 222 g/mol. The van der Waals surface area contributed by atoms with Crippen LogP contribution in [-0.4, -0.2) is 29.0 Å². The molecule has 0 aromatic heterocycles. The summed E-state index contributed by atoms with van der Waals surface area (Å²) in [7, 11) is 0. The van der Waals surface area contributed by atoms with E-state index in [-0.39, 0.29) is 0 Å². The van der Waals surface area contributed by atoms with E-state index in [4.69, 9.17) is 11.6 Å². The number of phenolic OH excluding ortho intramolecular Hbond substituents is 1. The first-order valence-corrected chi connectivity index (χ1v) is 6.37. The molecule has 16 heavy (non-hydrogen) atoms. The van der Waals surface area contributed by atoms with Crippen LogP contribution in [0.2, 0.25) is 0 Å². The molecule has 0 saturated carbocycles. The van der Waals surface area contributed by atoms with Gasteiger partial charge >= 0.3 is 0 Å². The van der Waals surface area contributed by atoms with Crippen LogP contribution in [0.3, 0.4) is 0 Å². The molecule has 2 nitrogen and oxygen atoms in total. The molecule has 1 aromatic rings. The van der Waals surface area contributed by atoms with Gasteiger partial charge in [-0.15, -0.1) is 11.6 Å². The molecule has 0 unspecified atom stereocenters. The Morgan fingerprint density at radius 2 is 1.81 bits per heavy atom. The van der Waals surface area contributed by atoms with Crippen molar-refractivity contribution >= 4 is 11.6 Å². The Morgan fingerprint density at radius 1 is 1.19 bits per heavy atom. The smallest absolute Gasteiger partial charge is 0.115 e. The van der Waals surface area contributed by atoms with Crippen LogP contribution in [0.4, 0.5) is 0 Å². The van der Waals surface area contributed by atoms with E-state index in [2.05, 4.69) is 4.90 Å². The molecule has 1 fully saturated rings. The number of halogens is 1. The highest BCUT2D eigenvalue weighted by Gasteiger charge is 2.18. The van der Waals surface area contributed by atoms with Gasteiger partial charge in [-0.3, -0.25) is 4.90 Å². The Bertz CT molecular complexity index is 317. The number of phenols is 1. The van der Waals surface area contributed by atoms with E-state index in [0.29, 0.717) is 11.7 Å². The molecule has 3 heteroatoms. The maximum absolute atomic E-state index is 9.20. The minimum atomic E-state index is 0.338. The lowest BCUT2D eigenvalue weighted by atomic mass is 9.98. The van der Waals surface area contributed by atoms with E-state index < -0.39 is 0 Å². The van der Waals surface area contributed by atoms with Crippen molar-refractivity contribution in [2.24, 2.45) is 5.92 Å². The Labute approximate surface area is 102 Å². The molecule has 88 valence electrons. The van der Waals surface area contributed by atoms with Crippen LogP contribution in [0.1, 0.15) is 18.4 Å². The van der Waals surface area contributed by atoms with E-state index in [1.54, 1.807) is 12.1 Å². The van der Waals surface area contributed by atoms with E-state index in [9.17, 15) is 5.11 Å². The van der Waals surface area contributed by atoms with E-state index in [1.165, 1.54) is 18.4 Å². The number of aromatic hydroxyl groups is 1. The van der Waals surface area contributed by atoms with Gasteiger partial charge in [0.1, 0.15) is 5.75 Å². The van der Waals surface area contributed by atoms with Crippen molar-refractivity contribution in [2.45, 2.75) is 19.4 Å². The molecule has 0 radical (unpaired) electrons. The number of nitrogens with zero attached hydrogens (tertiary/aromatic N) is 1. The minimum Gasteiger partial charge on any atom is -0.508 e. The molecule has 1 N–H and O–H groups in total. The zero-order valence-corrected chi connectivity index (χ0v) is 10.2. The van der Waals surface area contributed by atoms with Gasteiger partial charge in [-0.05, 0) is 49.5 Å². The summed E-state index contributed by atoms with van der Waals surface area (Å²) in [6.45, 7) is 3.26. The molecule has 0 bridgehead atoms. The topological polar surface area (TPSA) is 23.5 Å². The van der Waals surface area contributed by atoms with Gasteiger partial charge in [0.25, 0.3) is 0 Å². The third-order valence-electron chi connectivity index (χ3n) is 3.27. The van der Waals surface area contributed by atoms with Gasteiger partial charge in [0, 0.05) is 12.4 Å². The van der Waals surface area contributed by atoms with Gasteiger partial charge in [-0.25, -0.2) is 0 Å². The summed E-state index contributed by atoms with van der Waals surface area (Å²) >= 11 is 5.86. The lowest BCUT2D eigenvalue weighted by Gasteiger charge is -2.30. The van der Waals surface area contributed by atoms with Crippen LogP contribution in [-0.2, 0) is 6.54 Å². The van der Waals surface area contributed by atoms with E-state index in [0.717, 1.165) is 25.5 Å². The summed E-state index contributed by atoms with van der Waals surface area (Å²) in [6.07, 6.45) is 2.42. The molecular formula is C13H18ClNO. The molecule has 1 saturated heterocycles. The summed E-state index contributed by atoms with van der Waals surface area (Å²) in [5.41, 5.74) is 1.27. The van der Waals surface area contributed by atoms with Crippen LogP contribution < -0.4 is 0 Å². The summed E-state index contributed by atoms with van der Waals surface area (Å²) in [6, 6.07) is 7.48. The van der Waals surface area contributed by atoms with Crippen molar-refractivity contribution in [3.63, 3.8) is 0 Å². The number of alkyl halides is 1. The lowest BCUT2D eigenvalue weighted by molar-refractivity contribution is 0.186. The first-order valence-electron chi connectivity index (χ1n) is 5.84. The third kappa shape index (κ3) is 3.13. The van der Waals surface area contributed by atoms with Gasteiger partial charge in [-0.1, -0.05) is 12.1 Å². The zero-order valence-electron chi connectivity index (χ0n) is 9.40. The fourth-order valence-electron chi connectivity index (χ4n) is 2.16. The predicted octanol–water partition coefficient (Wildman–Crippen LogP) is 2.84. The largest absolute Gasteiger partial charge is 0.508 e. The Kier molecular flexibility index (Phi) is 4.08. The van der Waals surface area contributed by atoms with Crippen LogP contribution in [0, 0.1) is 5.92 Å². The second kappa shape index (κ2) is 5.55. The second-order valence-corrected chi connectivity index (χ2v) is 4.85. The first kappa shape index (κ1) is 11.7. The summed E-state index contributed by atoms with van der Waals surface area (Å²) in [4.78, 5) is 2.45. The van der Waals surface area contributed by atoms with Crippen LogP contribution in [0.15, 0.2) is 24.3 Å².